The van der Waals surface area contributed by atoms with Crippen LogP contribution in [0.25, 0.3) is 0 Å². The van der Waals surface area contributed by atoms with E-state index in [1.54, 1.807) is 0 Å². The predicted molar refractivity (Wildman–Crippen MR) is 52.1 cm³/mol. The fourth-order valence-corrected chi connectivity index (χ4v) is 1.90. The number of rotatable bonds is 3. The molecule has 1 saturated carbocycles. The standard InChI is InChI=1S/C10H12F3NO3/c1-5-3-2-4-6(5)7(8(15)16)14-9(17)10(11,12)13/h6-7H,1-4H2,(H,14,17)(H,15,16)/t6-,7-/m1/s1. The number of carbonyl (C=O) groups excluding carboxylic acids is 1. The minimum Gasteiger partial charge on any atom is -0.480 e. The van der Waals surface area contributed by atoms with Crippen molar-refractivity contribution in [2.45, 2.75) is 31.5 Å². The first kappa shape index (κ1) is 13.5. The second kappa shape index (κ2) is 4.77. The van der Waals surface area contributed by atoms with Crippen molar-refractivity contribution < 1.29 is 27.9 Å². The van der Waals surface area contributed by atoms with E-state index < -0.39 is 30.0 Å². The second-order valence-corrected chi connectivity index (χ2v) is 3.94. The first-order chi connectivity index (χ1) is 7.73. The Labute approximate surface area is 95.5 Å². The monoisotopic (exact) mass is 251 g/mol. The van der Waals surface area contributed by atoms with Crippen molar-refractivity contribution in [3.8, 4) is 0 Å². The van der Waals surface area contributed by atoms with E-state index in [1.165, 1.54) is 5.32 Å². The summed E-state index contributed by atoms with van der Waals surface area (Å²) in [4.78, 5) is 21.6. The molecule has 4 nitrogen and oxygen atoms in total. The van der Waals surface area contributed by atoms with Crippen LogP contribution in [0.5, 0.6) is 0 Å². The number of aliphatic carboxylic acids is 1. The van der Waals surface area contributed by atoms with Gasteiger partial charge in [0.25, 0.3) is 0 Å². The van der Waals surface area contributed by atoms with Gasteiger partial charge in [-0.15, -0.1) is 0 Å². The molecule has 17 heavy (non-hydrogen) atoms. The largest absolute Gasteiger partial charge is 0.480 e. The molecule has 1 rings (SSSR count). The molecule has 2 atom stereocenters. The number of halogens is 3. The lowest BCUT2D eigenvalue weighted by atomic mass is 9.95. The van der Waals surface area contributed by atoms with Crippen LogP contribution in [0.1, 0.15) is 19.3 Å². The number of nitrogens with one attached hydrogen (secondary N) is 1. The van der Waals surface area contributed by atoms with Gasteiger partial charge in [-0.1, -0.05) is 12.2 Å². The third kappa shape index (κ3) is 3.21. The third-order valence-corrected chi connectivity index (χ3v) is 2.75. The van der Waals surface area contributed by atoms with Crippen LogP contribution in [0, 0.1) is 5.92 Å². The van der Waals surface area contributed by atoms with Crippen LogP contribution >= 0.6 is 0 Å². The number of carboxylic acids is 1. The molecule has 0 aliphatic heterocycles. The summed E-state index contributed by atoms with van der Waals surface area (Å²) in [6.07, 6.45) is -3.40. The minimum atomic E-state index is -5.08. The summed E-state index contributed by atoms with van der Waals surface area (Å²) in [5, 5.41) is 10.3. The molecular formula is C10H12F3NO3. The Morgan fingerprint density at radius 3 is 2.41 bits per heavy atom. The Morgan fingerprint density at radius 1 is 1.47 bits per heavy atom. The number of carbonyl (C=O) groups is 2. The summed E-state index contributed by atoms with van der Waals surface area (Å²) < 4.78 is 36.1. The van der Waals surface area contributed by atoms with E-state index in [4.69, 9.17) is 5.11 Å². The molecule has 1 fully saturated rings. The zero-order valence-corrected chi connectivity index (χ0v) is 8.88. The molecule has 0 heterocycles. The molecule has 0 saturated heterocycles. The number of carboxylic acid groups (broad SMARTS) is 1. The summed E-state index contributed by atoms with van der Waals surface area (Å²) >= 11 is 0. The molecule has 0 unspecified atom stereocenters. The Kier molecular flexibility index (Phi) is 3.79. The summed E-state index contributed by atoms with van der Waals surface area (Å²) in [5.41, 5.74) is 0.569. The fraction of sp³-hybridized carbons (Fsp3) is 0.600. The maximum atomic E-state index is 12.0. The topological polar surface area (TPSA) is 66.4 Å². The number of hydrogen-bond donors (Lipinski definition) is 2. The highest BCUT2D eigenvalue weighted by atomic mass is 19.4. The zero-order chi connectivity index (χ0) is 13.2. The van der Waals surface area contributed by atoms with Gasteiger partial charge in [0.05, 0.1) is 0 Å². The van der Waals surface area contributed by atoms with Crippen molar-refractivity contribution in [3.63, 3.8) is 0 Å². The van der Waals surface area contributed by atoms with Gasteiger partial charge in [0, 0.05) is 5.92 Å². The predicted octanol–water partition coefficient (Wildman–Crippen LogP) is 1.47. The van der Waals surface area contributed by atoms with Crippen LogP contribution in [-0.4, -0.2) is 29.2 Å². The highest BCUT2D eigenvalue weighted by molar-refractivity contribution is 5.87. The molecule has 0 spiro atoms. The number of hydrogen-bond acceptors (Lipinski definition) is 2. The van der Waals surface area contributed by atoms with Crippen LogP contribution in [0.15, 0.2) is 12.2 Å². The van der Waals surface area contributed by atoms with Gasteiger partial charge in [-0.2, -0.15) is 13.2 Å². The van der Waals surface area contributed by atoms with Gasteiger partial charge in [-0.05, 0) is 19.3 Å². The van der Waals surface area contributed by atoms with E-state index in [9.17, 15) is 22.8 Å². The van der Waals surface area contributed by atoms with Gasteiger partial charge in [0.2, 0.25) is 0 Å². The molecule has 1 aliphatic carbocycles. The lowest BCUT2D eigenvalue weighted by Gasteiger charge is -2.22. The normalized spacial score (nSPS) is 22.3. The molecule has 96 valence electrons. The molecule has 0 aromatic carbocycles. The SMILES string of the molecule is C=C1CCC[C@H]1[C@@H](NC(=O)C(F)(F)F)C(=O)O. The van der Waals surface area contributed by atoms with Crippen LogP contribution in [0.3, 0.4) is 0 Å². The van der Waals surface area contributed by atoms with Crippen LogP contribution < -0.4 is 5.32 Å². The van der Waals surface area contributed by atoms with Crippen molar-refractivity contribution >= 4 is 11.9 Å². The van der Waals surface area contributed by atoms with Crippen molar-refractivity contribution in [2.75, 3.05) is 0 Å². The average Bonchev–Trinajstić information content (AvgIpc) is 2.58. The maximum absolute atomic E-state index is 12.0. The van der Waals surface area contributed by atoms with Gasteiger partial charge >= 0.3 is 18.1 Å². The Morgan fingerprint density at radius 2 is 2.06 bits per heavy atom. The van der Waals surface area contributed by atoms with Crippen molar-refractivity contribution in [2.24, 2.45) is 5.92 Å². The second-order valence-electron chi connectivity index (χ2n) is 3.94. The van der Waals surface area contributed by atoms with E-state index in [2.05, 4.69) is 6.58 Å². The Balaban J connectivity index is 2.77. The summed E-state index contributed by atoms with van der Waals surface area (Å²) in [5.74, 6) is -4.33. The highest BCUT2D eigenvalue weighted by Gasteiger charge is 2.43. The van der Waals surface area contributed by atoms with Gasteiger partial charge in [0.15, 0.2) is 0 Å². The molecule has 0 aromatic heterocycles. The van der Waals surface area contributed by atoms with Crippen molar-refractivity contribution in [3.05, 3.63) is 12.2 Å². The molecule has 7 heteroatoms. The van der Waals surface area contributed by atoms with Crippen LogP contribution in [-0.2, 0) is 9.59 Å². The van der Waals surface area contributed by atoms with Crippen LogP contribution in [0.4, 0.5) is 13.2 Å². The van der Waals surface area contributed by atoms with Gasteiger partial charge in [-0.25, -0.2) is 4.79 Å². The smallest absolute Gasteiger partial charge is 0.471 e. The summed E-state index contributed by atoms with van der Waals surface area (Å²) in [6.45, 7) is 3.61. The van der Waals surface area contributed by atoms with Gasteiger partial charge < -0.3 is 10.4 Å². The average molecular weight is 251 g/mol. The van der Waals surface area contributed by atoms with Crippen molar-refractivity contribution in [1.29, 1.82) is 0 Å². The molecule has 2 N–H and O–H groups in total. The van der Waals surface area contributed by atoms with Crippen molar-refractivity contribution in [1.82, 2.24) is 5.32 Å². The third-order valence-electron chi connectivity index (χ3n) is 2.75. The van der Waals surface area contributed by atoms with E-state index >= 15 is 0 Å². The van der Waals surface area contributed by atoms with Gasteiger partial charge in [0.1, 0.15) is 6.04 Å². The van der Waals surface area contributed by atoms with E-state index in [0.717, 1.165) is 0 Å². The number of amides is 1. The lowest BCUT2D eigenvalue weighted by molar-refractivity contribution is -0.175. The molecule has 0 radical (unpaired) electrons. The molecule has 1 aliphatic rings. The minimum absolute atomic E-state index is 0.425. The highest BCUT2D eigenvalue weighted by Crippen LogP contribution is 2.32. The quantitative estimate of drug-likeness (QED) is 0.746. The summed E-state index contributed by atoms with van der Waals surface area (Å²) in [6, 6.07) is -1.56. The van der Waals surface area contributed by atoms with Gasteiger partial charge in [-0.3, -0.25) is 4.79 Å². The van der Waals surface area contributed by atoms with E-state index in [1.807, 2.05) is 0 Å². The van der Waals surface area contributed by atoms with Crippen LogP contribution in [0.2, 0.25) is 0 Å². The first-order valence-corrected chi connectivity index (χ1v) is 5.01. The van der Waals surface area contributed by atoms with E-state index in [0.29, 0.717) is 24.8 Å². The Hall–Kier alpha value is -1.53. The Bertz CT molecular complexity index is 351. The van der Waals surface area contributed by atoms with E-state index in [-0.39, 0.29) is 0 Å². The maximum Gasteiger partial charge on any atom is 0.471 e. The molecular weight excluding hydrogens is 239 g/mol. The molecule has 0 aromatic rings. The zero-order valence-electron chi connectivity index (χ0n) is 8.88. The molecule has 1 amide bonds. The molecule has 0 bridgehead atoms. The fourth-order valence-electron chi connectivity index (χ4n) is 1.90. The lowest BCUT2D eigenvalue weighted by Crippen LogP contribution is -2.50. The first-order valence-electron chi connectivity index (χ1n) is 5.01. The number of alkyl halides is 3. The summed E-state index contributed by atoms with van der Waals surface area (Å²) in [7, 11) is 0.